The second-order valence-electron chi connectivity index (χ2n) is 11.1. The predicted molar refractivity (Wildman–Crippen MR) is 161 cm³/mol. The number of nitrogens with zero attached hydrogens (tertiary/aromatic N) is 7. The van der Waals surface area contributed by atoms with Gasteiger partial charge in [-0.2, -0.15) is 0 Å². The molecule has 6 rings (SSSR count). The Labute approximate surface area is 258 Å². The third-order valence-corrected chi connectivity index (χ3v) is 8.93. The monoisotopic (exact) mass is 639 g/mol. The van der Waals surface area contributed by atoms with Crippen molar-refractivity contribution >= 4 is 38.3 Å². The van der Waals surface area contributed by atoms with E-state index in [1.54, 1.807) is 33.8 Å². The van der Waals surface area contributed by atoms with Crippen LogP contribution in [0.4, 0.5) is 4.39 Å². The van der Waals surface area contributed by atoms with Crippen molar-refractivity contribution in [3.63, 3.8) is 0 Å². The Morgan fingerprint density at radius 1 is 1.12 bits per heavy atom. The second kappa shape index (κ2) is 12.7. The molecule has 0 N–H and O–H groups in total. The summed E-state index contributed by atoms with van der Waals surface area (Å²) in [5, 5.41) is 15.3. The number of aromatic nitrogens is 4. The van der Waals surface area contributed by atoms with Gasteiger partial charge in [0.2, 0.25) is 0 Å². The molecule has 9 nitrogen and oxygen atoms in total. The summed E-state index contributed by atoms with van der Waals surface area (Å²) in [4.78, 5) is 26.5. The third kappa shape index (κ3) is 6.19. The molecule has 43 heavy (non-hydrogen) atoms. The van der Waals surface area contributed by atoms with E-state index in [1.165, 1.54) is 12.4 Å². The smallest absolute Gasteiger partial charge is 0.00162 e. The number of halogens is 1. The number of ether oxygens (including phenoxy) is 1. The first kappa shape index (κ1) is 29.0. The standard InChI is InChI=1S/C32H31AsFN7O2/c1-39-14-11-21(12-15-39)16-22(18-35)32(42)40-13-5-6-23(40)19-41-31-28(30(33)36-20-37-31)29(38-41)26-10-9-25(17-27(26)34)43-24-7-3-2-4-8-24/h2-4,7-10,16-17,20-21,23H,5-6,11-15,19H2,1H3/b22-16+/t23-/m1/s1. The van der Waals surface area contributed by atoms with Crippen LogP contribution in [-0.2, 0) is 11.3 Å². The van der Waals surface area contributed by atoms with Gasteiger partial charge in [0.1, 0.15) is 0 Å². The van der Waals surface area contributed by atoms with Gasteiger partial charge < -0.3 is 4.90 Å². The number of likely N-dealkylation sites (tertiary alicyclic amines) is 2. The van der Waals surface area contributed by atoms with Gasteiger partial charge in [0, 0.05) is 0 Å². The number of benzene rings is 2. The van der Waals surface area contributed by atoms with Crippen molar-refractivity contribution in [2.24, 2.45) is 5.92 Å². The van der Waals surface area contributed by atoms with Crippen LogP contribution in [0.5, 0.6) is 11.5 Å². The number of hydrogen-bond acceptors (Lipinski definition) is 7. The minimum atomic E-state index is -0.480. The summed E-state index contributed by atoms with van der Waals surface area (Å²) in [6, 6.07) is 15.9. The molecule has 2 radical (unpaired) electrons. The van der Waals surface area contributed by atoms with E-state index >= 15 is 4.39 Å². The molecule has 1 amide bonds. The van der Waals surface area contributed by atoms with Gasteiger partial charge in [-0.15, -0.1) is 0 Å². The van der Waals surface area contributed by atoms with Gasteiger partial charge in [-0.1, -0.05) is 0 Å². The molecule has 2 aliphatic rings. The van der Waals surface area contributed by atoms with E-state index in [0.717, 1.165) is 38.8 Å². The van der Waals surface area contributed by atoms with Crippen molar-refractivity contribution in [3.05, 3.63) is 72.3 Å². The van der Waals surface area contributed by atoms with E-state index in [-0.39, 0.29) is 23.4 Å². The van der Waals surface area contributed by atoms with Crippen LogP contribution in [0, 0.1) is 23.1 Å². The fraction of sp³-hybridized carbons (Fsp3) is 0.344. The van der Waals surface area contributed by atoms with E-state index in [0.29, 0.717) is 51.4 Å². The first-order valence-electron chi connectivity index (χ1n) is 14.5. The van der Waals surface area contributed by atoms with Gasteiger partial charge >= 0.3 is 234 Å². The van der Waals surface area contributed by atoms with Crippen molar-refractivity contribution < 1.29 is 13.9 Å². The minimum Gasteiger partial charge on any atom is -0.00162 e. The van der Waals surface area contributed by atoms with Crippen LogP contribution in [-0.4, -0.2) is 85.0 Å². The Bertz CT molecular complexity index is 1710. The summed E-state index contributed by atoms with van der Waals surface area (Å²) < 4.78 is 23.7. The third-order valence-electron chi connectivity index (χ3n) is 8.22. The number of nitriles is 1. The minimum absolute atomic E-state index is 0.172. The summed E-state index contributed by atoms with van der Waals surface area (Å²) in [6.07, 6.45) is 6.81. The van der Waals surface area contributed by atoms with Crippen molar-refractivity contribution in [2.45, 2.75) is 38.3 Å². The molecule has 0 aliphatic carbocycles. The zero-order valence-electron chi connectivity index (χ0n) is 23.9. The van der Waals surface area contributed by atoms with E-state index in [2.05, 4.69) is 44.8 Å². The molecule has 2 aliphatic heterocycles. The van der Waals surface area contributed by atoms with E-state index in [1.807, 2.05) is 24.3 Å². The van der Waals surface area contributed by atoms with Crippen LogP contribution < -0.4 is 9.22 Å². The van der Waals surface area contributed by atoms with Crippen LogP contribution in [0.2, 0.25) is 0 Å². The summed E-state index contributed by atoms with van der Waals surface area (Å²) >= 11 is 2.40. The molecular weight excluding hydrogens is 608 g/mol. The molecule has 2 aromatic carbocycles. The fourth-order valence-corrected chi connectivity index (χ4v) is 6.46. The first-order chi connectivity index (χ1) is 20.9. The number of carbonyl (C=O) groups is 1. The number of fused-ring (bicyclic) bond motifs is 1. The van der Waals surface area contributed by atoms with Crippen molar-refractivity contribution in [3.8, 4) is 28.8 Å². The quantitative estimate of drug-likeness (QED) is 0.171. The van der Waals surface area contributed by atoms with E-state index in [4.69, 9.17) is 9.84 Å². The van der Waals surface area contributed by atoms with E-state index < -0.39 is 5.82 Å². The Morgan fingerprint density at radius 2 is 1.91 bits per heavy atom. The van der Waals surface area contributed by atoms with Crippen molar-refractivity contribution in [2.75, 3.05) is 26.7 Å². The number of rotatable bonds is 7. The van der Waals surface area contributed by atoms with Crippen LogP contribution >= 0.6 is 0 Å². The molecule has 0 bridgehead atoms. The van der Waals surface area contributed by atoms with Gasteiger partial charge in [0.25, 0.3) is 0 Å². The normalized spacial score (nSPS) is 18.2. The zero-order valence-corrected chi connectivity index (χ0v) is 25.7. The van der Waals surface area contributed by atoms with Crippen LogP contribution in [0.25, 0.3) is 22.3 Å². The summed E-state index contributed by atoms with van der Waals surface area (Å²) in [5.74, 6) is 0.504. The van der Waals surface area contributed by atoms with Crippen molar-refractivity contribution in [1.82, 2.24) is 29.5 Å². The summed E-state index contributed by atoms with van der Waals surface area (Å²) in [6.45, 7) is 2.86. The maximum absolute atomic E-state index is 15.6. The molecule has 1 atom stereocenters. The predicted octanol–water partition coefficient (Wildman–Crippen LogP) is 4.00. The Kier molecular flexibility index (Phi) is 8.55. The molecule has 2 saturated heterocycles. The Morgan fingerprint density at radius 3 is 2.65 bits per heavy atom. The molecule has 2 aromatic heterocycles. The van der Waals surface area contributed by atoms with Crippen LogP contribution in [0.3, 0.4) is 0 Å². The number of allylic oxidation sites excluding steroid dienone is 1. The number of amides is 1. The molecule has 218 valence electrons. The van der Waals surface area contributed by atoms with Gasteiger partial charge in [-0.25, -0.2) is 0 Å². The molecule has 0 saturated carbocycles. The number of hydrogen-bond donors (Lipinski definition) is 0. The van der Waals surface area contributed by atoms with E-state index in [9.17, 15) is 10.1 Å². The van der Waals surface area contributed by atoms with Crippen LogP contribution in [0.15, 0.2) is 66.5 Å². The molecule has 4 heterocycles. The molecule has 0 unspecified atom stereocenters. The maximum atomic E-state index is 15.6. The topological polar surface area (TPSA) is 100 Å². The average molecular weight is 640 g/mol. The van der Waals surface area contributed by atoms with Gasteiger partial charge in [-0.05, 0) is 20.1 Å². The first-order valence-corrected chi connectivity index (χ1v) is 15.4. The van der Waals surface area contributed by atoms with Crippen LogP contribution in [0.1, 0.15) is 25.7 Å². The summed E-state index contributed by atoms with van der Waals surface area (Å²) in [7, 11) is 2.09. The van der Waals surface area contributed by atoms with Gasteiger partial charge in [0.05, 0.1) is 0 Å². The van der Waals surface area contributed by atoms with Gasteiger partial charge in [0.15, 0.2) is 0 Å². The SMILES string of the molecule is CN1CCC(/C=C(\C#N)C(=O)N2CCC[C@@H]2Cn2nc(-c3ccc(Oc4ccccc4)cc3F)c3c([As])ncnc32)CC1. The Hall–Kier alpha value is -4.06. The number of piperidine rings is 1. The van der Waals surface area contributed by atoms with Crippen molar-refractivity contribution in [1.29, 1.82) is 5.26 Å². The molecule has 4 aromatic rings. The zero-order chi connectivity index (χ0) is 29.9. The second-order valence-corrected chi connectivity index (χ2v) is 12.0. The molecule has 0 spiro atoms. The Balaban J connectivity index is 1.27. The summed E-state index contributed by atoms with van der Waals surface area (Å²) in [5.41, 5.74) is 1.50. The number of para-hydroxylation sites is 1. The average Bonchev–Trinajstić information content (AvgIpc) is 3.63. The number of carbonyl (C=O) groups excluding carboxylic acids is 1. The molecule has 2 fully saturated rings. The van der Waals surface area contributed by atoms with Gasteiger partial charge in [-0.3, -0.25) is 0 Å². The molecule has 11 heteroatoms. The fourth-order valence-electron chi connectivity index (χ4n) is 5.92. The molecular formula is C32H31AsFN7O2.